The van der Waals surface area contributed by atoms with Crippen LogP contribution in [0.4, 0.5) is 0 Å². The number of methoxy groups -OCH3 is 1. The Bertz CT molecular complexity index is 660. The second-order valence-electron chi connectivity index (χ2n) is 10.5. The number of aliphatic carboxylic acids is 2. The SMILES string of the molecule is COCCOCCNC(=O)CC[C@H](NC(=O)CCCCCCCCCCCCCCCCCCC(=O)O)C(=O)O. The third kappa shape index (κ3) is 27.4. The fourth-order valence-corrected chi connectivity index (χ4v) is 4.43. The highest BCUT2D eigenvalue weighted by Crippen LogP contribution is 2.14. The van der Waals surface area contributed by atoms with Crippen molar-refractivity contribution in [3.8, 4) is 0 Å². The van der Waals surface area contributed by atoms with E-state index in [1.165, 1.54) is 57.8 Å². The number of hydrogen-bond donors (Lipinski definition) is 4. The Hall–Kier alpha value is -2.20. The lowest BCUT2D eigenvalue weighted by Crippen LogP contribution is -2.41. The summed E-state index contributed by atoms with van der Waals surface area (Å²) in [5.41, 5.74) is 0. The minimum atomic E-state index is -1.13. The molecule has 0 unspecified atom stereocenters. The zero-order valence-corrected chi connectivity index (χ0v) is 24.9. The van der Waals surface area contributed by atoms with Gasteiger partial charge in [0.25, 0.3) is 0 Å². The normalized spacial score (nSPS) is 11.7. The van der Waals surface area contributed by atoms with Crippen LogP contribution < -0.4 is 10.6 Å². The maximum Gasteiger partial charge on any atom is 0.326 e. The van der Waals surface area contributed by atoms with E-state index < -0.39 is 18.0 Å². The summed E-state index contributed by atoms with van der Waals surface area (Å²) in [6.45, 7) is 1.63. The molecule has 0 saturated heterocycles. The van der Waals surface area contributed by atoms with E-state index in [1.54, 1.807) is 7.11 Å². The number of amides is 2. The van der Waals surface area contributed by atoms with Gasteiger partial charge in [0.15, 0.2) is 0 Å². The molecule has 2 amide bonds. The summed E-state index contributed by atoms with van der Waals surface area (Å²) in [5, 5.41) is 23.2. The summed E-state index contributed by atoms with van der Waals surface area (Å²) < 4.78 is 10.1. The molecule has 0 heterocycles. The smallest absolute Gasteiger partial charge is 0.326 e. The molecule has 0 aliphatic carbocycles. The highest BCUT2D eigenvalue weighted by Gasteiger charge is 2.20. The molecule has 0 aromatic rings. The molecule has 0 aromatic heterocycles. The monoisotopic (exact) mass is 572 g/mol. The molecule has 0 aromatic carbocycles. The zero-order valence-electron chi connectivity index (χ0n) is 24.9. The summed E-state index contributed by atoms with van der Waals surface area (Å²) in [6, 6.07) is -1.06. The molecule has 0 aliphatic rings. The second kappa shape index (κ2) is 28.3. The molecule has 0 rings (SSSR count). The third-order valence-corrected chi connectivity index (χ3v) is 6.84. The molecule has 0 bridgehead atoms. The number of carbonyl (C=O) groups is 4. The van der Waals surface area contributed by atoms with Crippen molar-refractivity contribution in [2.24, 2.45) is 0 Å². The van der Waals surface area contributed by atoms with Gasteiger partial charge in [0.05, 0.1) is 19.8 Å². The van der Waals surface area contributed by atoms with Crippen molar-refractivity contribution in [2.75, 3.05) is 33.5 Å². The molecule has 1 atom stereocenters. The maximum atomic E-state index is 12.2. The maximum absolute atomic E-state index is 12.2. The highest BCUT2D eigenvalue weighted by atomic mass is 16.5. The van der Waals surface area contributed by atoms with Crippen LogP contribution >= 0.6 is 0 Å². The van der Waals surface area contributed by atoms with Crippen molar-refractivity contribution in [3.63, 3.8) is 0 Å². The third-order valence-electron chi connectivity index (χ3n) is 6.84. The van der Waals surface area contributed by atoms with Crippen LogP contribution in [0.1, 0.15) is 128 Å². The minimum absolute atomic E-state index is 0.0207. The molecule has 10 heteroatoms. The highest BCUT2D eigenvalue weighted by molar-refractivity contribution is 5.84. The Morgan fingerprint density at radius 3 is 1.52 bits per heavy atom. The minimum Gasteiger partial charge on any atom is -0.481 e. The van der Waals surface area contributed by atoms with Crippen molar-refractivity contribution >= 4 is 23.8 Å². The number of nitrogens with one attached hydrogen (secondary N) is 2. The van der Waals surface area contributed by atoms with Gasteiger partial charge in [-0.25, -0.2) is 4.79 Å². The quantitative estimate of drug-likeness (QED) is 0.0855. The Morgan fingerprint density at radius 2 is 1.07 bits per heavy atom. The summed E-state index contributed by atoms with van der Waals surface area (Å²) in [5.74, 6) is -2.37. The molecule has 0 radical (unpaired) electrons. The molecule has 0 saturated carbocycles. The lowest BCUT2D eigenvalue weighted by Gasteiger charge is -2.14. The number of unbranched alkanes of at least 4 members (excludes halogenated alkanes) is 15. The fourth-order valence-electron chi connectivity index (χ4n) is 4.43. The molecule has 0 spiro atoms. The lowest BCUT2D eigenvalue weighted by molar-refractivity contribution is -0.142. The first kappa shape index (κ1) is 37.8. The number of ether oxygens (including phenoxy) is 2. The molecule has 40 heavy (non-hydrogen) atoms. The van der Waals surface area contributed by atoms with Crippen LogP contribution in [-0.4, -0.2) is 73.5 Å². The van der Waals surface area contributed by atoms with E-state index in [4.69, 9.17) is 14.6 Å². The van der Waals surface area contributed by atoms with Crippen molar-refractivity contribution in [3.05, 3.63) is 0 Å². The predicted molar refractivity (Wildman–Crippen MR) is 155 cm³/mol. The summed E-state index contributed by atoms with van der Waals surface area (Å²) in [7, 11) is 1.58. The van der Waals surface area contributed by atoms with Gasteiger partial charge in [0, 0.05) is 32.9 Å². The first-order valence-electron chi connectivity index (χ1n) is 15.4. The number of hydrogen-bond acceptors (Lipinski definition) is 6. The van der Waals surface area contributed by atoms with Gasteiger partial charge in [-0.15, -0.1) is 0 Å². The van der Waals surface area contributed by atoms with Gasteiger partial charge in [0.2, 0.25) is 11.8 Å². The average Bonchev–Trinajstić information content (AvgIpc) is 2.91. The Morgan fingerprint density at radius 1 is 0.600 bits per heavy atom. The topological polar surface area (TPSA) is 151 Å². The Kier molecular flexibility index (Phi) is 26.8. The van der Waals surface area contributed by atoms with Crippen LogP contribution in [0.5, 0.6) is 0 Å². The molecule has 10 nitrogen and oxygen atoms in total. The summed E-state index contributed by atoms with van der Waals surface area (Å²) in [4.78, 5) is 46.0. The Balaban J connectivity index is 3.58. The number of carboxylic acids is 2. The van der Waals surface area contributed by atoms with Crippen LogP contribution in [0, 0.1) is 0 Å². The van der Waals surface area contributed by atoms with Crippen LogP contribution in [0.3, 0.4) is 0 Å². The van der Waals surface area contributed by atoms with Gasteiger partial charge >= 0.3 is 11.9 Å². The molecular formula is C30H56N2O8. The van der Waals surface area contributed by atoms with Crippen LogP contribution in [0.25, 0.3) is 0 Å². The van der Waals surface area contributed by atoms with Crippen molar-refractivity contribution < 1.29 is 38.9 Å². The van der Waals surface area contributed by atoms with E-state index in [1.807, 2.05) is 0 Å². The second-order valence-corrected chi connectivity index (χ2v) is 10.5. The average molecular weight is 573 g/mol. The van der Waals surface area contributed by atoms with Gasteiger partial charge in [-0.2, -0.15) is 0 Å². The van der Waals surface area contributed by atoms with Crippen molar-refractivity contribution in [2.45, 2.75) is 134 Å². The van der Waals surface area contributed by atoms with Crippen LogP contribution in [0.2, 0.25) is 0 Å². The van der Waals surface area contributed by atoms with Gasteiger partial charge in [-0.3, -0.25) is 14.4 Å². The molecule has 4 N–H and O–H groups in total. The van der Waals surface area contributed by atoms with Gasteiger partial charge in [-0.05, 0) is 19.3 Å². The number of rotatable bonds is 30. The summed E-state index contributed by atoms with van der Waals surface area (Å²) >= 11 is 0. The first-order chi connectivity index (χ1) is 19.4. The first-order valence-corrected chi connectivity index (χ1v) is 15.4. The van der Waals surface area contributed by atoms with E-state index in [-0.39, 0.29) is 24.7 Å². The largest absolute Gasteiger partial charge is 0.481 e. The van der Waals surface area contributed by atoms with E-state index in [0.29, 0.717) is 39.2 Å². The zero-order chi connectivity index (χ0) is 29.7. The predicted octanol–water partition coefficient (Wildman–Crippen LogP) is 5.22. The van der Waals surface area contributed by atoms with E-state index in [9.17, 15) is 24.3 Å². The molecule has 0 aliphatic heterocycles. The van der Waals surface area contributed by atoms with Gasteiger partial charge in [-0.1, -0.05) is 89.9 Å². The standard InChI is InChI=1S/C30H56N2O8/c1-39-24-25-40-23-22-31-27(33)21-20-26(30(37)38)32-28(34)18-16-14-12-10-8-6-4-2-3-5-7-9-11-13-15-17-19-29(35)36/h26H,2-25H2,1H3,(H,31,33)(H,32,34)(H,35,36)(H,37,38)/t26-/m0/s1. The van der Waals surface area contributed by atoms with Crippen molar-refractivity contribution in [1.82, 2.24) is 10.6 Å². The number of carbonyl (C=O) groups excluding carboxylic acids is 2. The lowest BCUT2D eigenvalue weighted by atomic mass is 10.0. The summed E-state index contributed by atoms with van der Waals surface area (Å²) in [6.07, 6.45) is 18.9. The van der Waals surface area contributed by atoms with E-state index in [0.717, 1.165) is 44.9 Å². The number of carboxylic acid groups (broad SMARTS) is 2. The molecular weight excluding hydrogens is 516 g/mol. The van der Waals surface area contributed by atoms with E-state index in [2.05, 4.69) is 10.6 Å². The van der Waals surface area contributed by atoms with Crippen LogP contribution in [-0.2, 0) is 28.7 Å². The van der Waals surface area contributed by atoms with Crippen LogP contribution in [0.15, 0.2) is 0 Å². The molecule has 234 valence electrons. The van der Waals surface area contributed by atoms with E-state index >= 15 is 0 Å². The fraction of sp³-hybridized carbons (Fsp3) is 0.867. The van der Waals surface area contributed by atoms with Gasteiger partial charge in [0.1, 0.15) is 6.04 Å². The van der Waals surface area contributed by atoms with Crippen molar-refractivity contribution in [1.29, 1.82) is 0 Å². The van der Waals surface area contributed by atoms with Gasteiger partial charge < -0.3 is 30.3 Å². The Labute approximate surface area is 241 Å². The molecule has 0 fully saturated rings.